The van der Waals surface area contributed by atoms with E-state index in [2.05, 4.69) is 60.6 Å². The van der Waals surface area contributed by atoms with Gasteiger partial charge >= 0.3 is 0 Å². The topological polar surface area (TPSA) is 32.3 Å². The Balaban J connectivity index is 1.54. The maximum atomic E-state index is 13.2. The van der Waals surface area contributed by atoms with E-state index >= 15 is 0 Å². The predicted octanol–water partition coefficient (Wildman–Crippen LogP) is 7.31. The van der Waals surface area contributed by atoms with Gasteiger partial charge in [0.05, 0.1) is 0 Å². The van der Waals surface area contributed by atoms with Crippen molar-refractivity contribution in [1.82, 2.24) is 4.90 Å². The van der Waals surface area contributed by atoms with Gasteiger partial charge in [0.25, 0.3) is 5.91 Å². The summed E-state index contributed by atoms with van der Waals surface area (Å²) in [6.45, 7) is 4.11. The molecule has 0 fully saturated rings. The van der Waals surface area contributed by atoms with Crippen LogP contribution in [0.2, 0.25) is 0 Å². The average molecular weight is 475 g/mol. The molecule has 0 spiro atoms. The summed E-state index contributed by atoms with van der Waals surface area (Å²) in [7, 11) is 2.17. The Morgan fingerprint density at radius 3 is 2.50 bits per heavy atom. The summed E-state index contributed by atoms with van der Waals surface area (Å²) < 4.78 is 14.5. The molecule has 4 aromatic rings. The van der Waals surface area contributed by atoms with E-state index in [0.29, 0.717) is 5.56 Å². The zero-order valence-corrected chi connectivity index (χ0v) is 20.6. The number of rotatable bonds is 10. The van der Waals surface area contributed by atoms with Crippen molar-refractivity contribution < 1.29 is 9.18 Å². The predicted molar refractivity (Wildman–Crippen MR) is 141 cm³/mol. The zero-order chi connectivity index (χ0) is 23.9. The minimum atomic E-state index is -0.349. The number of halogens is 1. The Kier molecular flexibility index (Phi) is 8.09. The first-order valence-corrected chi connectivity index (χ1v) is 12.7. The number of benzene rings is 3. The van der Waals surface area contributed by atoms with E-state index in [-0.39, 0.29) is 11.7 Å². The molecular weight excluding hydrogens is 443 g/mol. The smallest absolute Gasteiger partial charge is 0.255 e. The van der Waals surface area contributed by atoms with Crippen LogP contribution in [0, 0.1) is 5.82 Å². The van der Waals surface area contributed by atoms with Gasteiger partial charge in [0.15, 0.2) is 0 Å². The van der Waals surface area contributed by atoms with E-state index in [1.54, 1.807) is 0 Å². The normalized spacial score (nSPS) is 11.3. The minimum Gasteiger partial charge on any atom is -0.322 e. The van der Waals surface area contributed by atoms with Gasteiger partial charge in [0.1, 0.15) is 5.82 Å². The van der Waals surface area contributed by atoms with Crippen molar-refractivity contribution in [2.75, 3.05) is 18.9 Å². The number of carbonyl (C=O) groups excluding carboxylic acids is 1. The molecule has 0 saturated heterocycles. The number of carbonyl (C=O) groups is 1. The van der Waals surface area contributed by atoms with E-state index in [1.165, 1.54) is 63.2 Å². The fourth-order valence-electron chi connectivity index (χ4n) is 4.17. The first kappa shape index (κ1) is 24.1. The van der Waals surface area contributed by atoms with E-state index < -0.39 is 0 Å². The molecule has 5 heteroatoms. The molecule has 0 radical (unpaired) electrons. The number of likely N-dealkylation sites (N-methyl/N-ethyl adjacent to an activating group) is 1. The average Bonchev–Trinajstić information content (AvgIpc) is 3.19. The van der Waals surface area contributed by atoms with Crippen molar-refractivity contribution in [3.8, 4) is 0 Å². The third-order valence-corrected chi connectivity index (χ3v) is 7.31. The van der Waals surface area contributed by atoms with Gasteiger partial charge in [-0.05, 0) is 85.3 Å². The van der Waals surface area contributed by atoms with Crippen LogP contribution in [0.25, 0.3) is 10.1 Å². The fourth-order valence-corrected chi connectivity index (χ4v) is 5.45. The van der Waals surface area contributed by atoms with Crippen molar-refractivity contribution >= 4 is 33.0 Å². The molecule has 1 N–H and O–H groups in total. The first-order valence-electron chi connectivity index (χ1n) is 11.9. The van der Waals surface area contributed by atoms with E-state index in [0.717, 1.165) is 31.6 Å². The monoisotopic (exact) mass is 474 g/mol. The maximum Gasteiger partial charge on any atom is 0.255 e. The first-order chi connectivity index (χ1) is 16.5. The van der Waals surface area contributed by atoms with Crippen LogP contribution >= 0.6 is 11.3 Å². The van der Waals surface area contributed by atoms with Crippen LogP contribution in [0.5, 0.6) is 0 Å². The second kappa shape index (κ2) is 11.4. The molecule has 0 aliphatic rings. The van der Waals surface area contributed by atoms with Crippen LogP contribution < -0.4 is 5.32 Å². The van der Waals surface area contributed by atoms with Gasteiger partial charge in [-0.2, -0.15) is 0 Å². The van der Waals surface area contributed by atoms with Gasteiger partial charge < -0.3 is 10.2 Å². The van der Waals surface area contributed by atoms with Crippen molar-refractivity contribution in [3.05, 3.63) is 100 Å². The molecule has 0 atom stereocenters. The van der Waals surface area contributed by atoms with Crippen molar-refractivity contribution in [2.24, 2.45) is 0 Å². The molecule has 0 unspecified atom stereocenters. The van der Waals surface area contributed by atoms with Crippen molar-refractivity contribution in [2.45, 2.75) is 39.2 Å². The molecular formula is C29H31FN2OS. The fraction of sp³-hybridized carbons (Fsp3) is 0.276. The van der Waals surface area contributed by atoms with Gasteiger partial charge in [0.2, 0.25) is 0 Å². The highest BCUT2D eigenvalue weighted by atomic mass is 32.1. The Morgan fingerprint density at radius 2 is 1.76 bits per heavy atom. The van der Waals surface area contributed by atoms with Crippen LogP contribution in [0.3, 0.4) is 0 Å². The summed E-state index contributed by atoms with van der Waals surface area (Å²) >= 11 is 1.87. The minimum absolute atomic E-state index is 0.232. The molecule has 3 aromatic carbocycles. The molecule has 3 nitrogen and oxygen atoms in total. The standard InChI is InChI=1S/C29H31FN2OS/c1-3-4-10-27-25(17-18-32(2)20-21-8-6-5-7-9-21)26-19-24(15-16-28(26)34-27)31-29(33)22-11-13-23(30)14-12-22/h5-9,11-16,19H,3-4,10,17-18,20H2,1-2H3,(H,31,33). The second-order valence-electron chi connectivity index (χ2n) is 8.75. The summed E-state index contributed by atoms with van der Waals surface area (Å²) in [6.07, 6.45) is 4.40. The van der Waals surface area contributed by atoms with Crippen LogP contribution in [-0.2, 0) is 19.4 Å². The van der Waals surface area contributed by atoms with Crippen molar-refractivity contribution in [3.63, 3.8) is 0 Å². The van der Waals surface area contributed by atoms with Gasteiger partial charge in [0, 0.05) is 33.9 Å². The Hall–Kier alpha value is -3.02. The third kappa shape index (κ3) is 6.10. The quantitative estimate of drug-likeness (QED) is 0.261. The second-order valence-corrected chi connectivity index (χ2v) is 9.89. The van der Waals surface area contributed by atoms with E-state index in [9.17, 15) is 9.18 Å². The van der Waals surface area contributed by atoms with Gasteiger partial charge in [-0.25, -0.2) is 4.39 Å². The van der Waals surface area contributed by atoms with Crippen molar-refractivity contribution in [1.29, 1.82) is 0 Å². The molecule has 176 valence electrons. The van der Waals surface area contributed by atoms with Crippen LogP contribution in [0.1, 0.15) is 46.1 Å². The van der Waals surface area contributed by atoms with Gasteiger partial charge in [-0.15, -0.1) is 11.3 Å². The van der Waals surface area contributed by atoms with Crippen LogP contribution in [0.4, 0.5) is 10.1 Å². The number of hydrogen-bond acceptors (Lipinski definition) is 3. The number of thiophene rings is 1. The number of anilines is 1. The number of nitrogens with zero attached hydrogens (tertiary/aromatic N) is 1. The molecule has 0 aliphatic heterocycles. The number of fused-ring (bicyclic) bond motifs is 1. The highest BCUT2D eigenvalue weighted by Gasteiger charge is 2.15. The molecule has 0 aliphatic carbocycles. The number of aryl methyl sites for hydroxylation is 1. The lowest BCUT2D eigenvalue weighted by molar-refractivity contribution is 0.102. The molecule has 0 bridgehead atoms. The van der Waals surface area contributed by atoms with Crippen LogP contribution in [-0.4, -0.2) is 24.4 Å². The SMILES string of the molecule is CCCCc1sc2ccc(NC(=O)c3ccc(F)cc3)cc2c1CCN(C)Cc1ccccc1. The number of unbranched alkanes of at least 4 members (excludes halogenated alkanes) is 1. The molecule has 1 aromatic heterocycles. The summed E-state index contributed by atoms with van der Waals surface area (Å²) in [5.74, 6) is -0.581. The molecule has 0 saturated carbocycles. The third-order valence-electron chi connectivity index (χ3n) is 6.03. The lowest BCUT2D eigenvalue weighted by atomic mass is 10.0. The lowest BCUT2D eigenvalue weighted by Crippen LogP contribution is -2.21. The summed E-state index contributed by atoms with van der Waals surface area (Å²) in [5.41, 5.74) is 3.92. The summed E-state index contributed by atoms with van der Waals surface area (Å²) in [6, 6.07) is 22.3. The Bertz CT molecular complexity index is 1230. The van der Waals surface area contributed by atoms with Gasteiger partial charge in [-0.3, -0.25) is 4.79 Å². The molecule has 1 heterocycles. The highest BCUT2D eigenvalue weighted by molar-refractivity contribution is 7.19. The number of nitrogens with one attached hydrogen (secondary N) is 1. The summed E-state index contributed by atoms with van der Waals surface area (Å²) in [4.78, 5) is 16.5. The number of hydrogen-bond donors (Lipinski definition) is 1. The number of amides is 1. The van der Waals surface area contributed by atoms with Gasteiger partial charge in [-0.1, -0.05) is 43.7 Å². The largest absolute Gasteiger partial charge is 0.322 e. The Labute approximate surface area is 205 Å². The lowest BCUT2D eigenvalue weighted by Gasteiger charge is -2.17. The molecule has 34 heavy (non-hydrogen) atoms. The van der Waals surface area contributed by atoms with E-state index in [1.807, 2.05) is 23.5 Å². The Morgan fingerprint density at radius 1 is 1.00 bits per heavy atom. The zero-order valence-electron chi connectivity index (χ0n) is 19.8. The van der Waals surface area contributed by atoms with E-state index in [4.69, 9.17) is 0 Å². The summed E-state index contributed by atoms with van der Waals surface area (Å²) in [5, 5.41) is 4.20. The highest BCUT2D eigenvalue weighted by Crippen LogP contribution is 2.35. The molecule has 1 amide bonds. The molecule has 4 rings (SSSR count). The maximum absolute atomic E-state index is 13.2. The van der Waals surface area contributed by atoms with Crippen LogP contribution in [0.15, 0.2) is 72.8 Å².